The third-order valence-electron chi connectivity index (χ3n) is 3.90. The number of carbonyl (C=O) groups is 1. The third-order valence-corrected chi connectivity index (χ3v) is 3.90. The molecular formula is C19H17N5O7. The van der Waals surface area contributed by atoms with Crippen LogP contribution in [-0.2, 0) is 9.53 Å². The number of hydrogen-bond donors (Lipinski definition) is 1. The number of hydrazone groups is 1. The first-order valence-corrected chi connectivity index (χ1v) is 8.82. The van der Waals surface area contributed by atoms with Gasteiger partial charge >= 0.3 is 17.3 Å². The van der Waals surface area contributed by atoms with E-state index in [2.05, 4.69) is 10.5 Å². The van der Waals surface area contributed by atoms with Crippen molar-refractivity contribution in [2.24, 2.45) is 5.10 Å². The Morgan fingerprint density at radius 2 is 1.81 bits per heavy atom. The number of carbonyl (C=O) groups excluding carboxylic acids is 1. The van der Waals surface area contributed by atoms with Gasteiger partial charge in [-0.1, -0.05) is 12.1 Å². The summed E-state index contributed by atoms with van der Waals surface area (Å²) in [5.41, 5.74) is 2.58. The van der Waals surface area contributed by atoms with Crippen LogP contribution in [0.5, 0.6) is 5.75 Å². The lowest BCUT2D eigenvalue weighted by molar-refractivity contribution is -0.394. The van der Waals surface area contributed by atoms with E-state index in [1.807, 2.05) is 6.07 Å². The number of anilines is 1. The molecule has 0 radical (unpaired) electrons. The summed E-state index contributed by atoms with van der Waals surface area (Å²) in [5, 5.41) is 35.6. The van der Waals surface area contributed by atoms with Crippen LogP contribution in [-0.4, -0.2) is 34.7 Å². The maximum Gasteiger partial charge on any atom is 0.344 e. The van der Waals surface area contributed by atoms with E-state index in [1.54, 1.807) is 38.1 Å². The van der Waals surface area contributed by atoms with E-state index < -0.39 is 33.8 Å². The van der Waals surface area contributed by atoms with Crippen molar-refractivity contribution >= 4 is 28.7 Å². The maximum absolute atomic E-state index is 11.5. The summed E-state index contributed by atoms with van der Waals surface area (Å²) in [6.45, 7) is 2.70. The van der Waals surface area contributed by atoms with Crippen molar-refractivity contribution in [2.75, 3.05) is 18.6 Å². The van der Waals surface area contributed by atoms with Crippen LogP contribution in [0.2, 0.25) is 0 Å². The fourth-order valence-electron chi connectivity index (χ4n) is 2.39. The molecule has 0 aliphatic rings. The van der Waals surface area contributed by atoms with E-state index in [9.17, 15) is 25.0 Å². The highest BCUT2D eigenvalue weighted by atomic mass is 16.6. The average Bonchev–Trinajstić information content (AvgIpc) is 2.75. The number of nitriles is 1. The molecule has 0 saturated heterocycles. The van der Waals surface area contributed by atoms with Crippen molar-refractivity contribution in [3.8, 4) is 11.8 Å². The van der Waals surface area contributed by atoms with Crippen LogP contribution in [0.15, 0.2) is 41.5 Å². The van der Waals surface area contributed by atoms with Crippen LogP contribution in [0, 0.1) is 31.6 Å². The van der Waals surface area contributed by atoms with Crippen molar-refractivity contribution in [3.63, 3.8) is 0 Å². The summed E-state index contributed by atoms with van der Waals surface area (Å²) in [4.78, 5) is 32.5. The number of nitro groups is 2. The minimum Gasteiger partial charge on any atom is -0.475 e. The number of nitro benzene ring substituents is 2. The molecule has 2 aromatic rings. The zero-order valence-electron chi connectivity index (χ0n) is 16.5. The van der Waals surface area contributed by atoms with Crippen molar-refractivity contribution < 1.29 is 24.1 Å². The standard InChI is InChI=1S/C19H17N5O7/c1-3-30-19(25)11-31-18-8-15(16(23(26)27)9-17(18)24(28)29)22-21-12(2)14-6-4-13(10-20)5-7-14/h4-9,22H,3,11H2,1-2H3/b21-12-. The second-order valence-corrected chi connectivity index (χ2v) is 5.94. The quantitative estimate of drug-likeness (QED) is 0.273. The van der Waals surface area contributed by atoms with E-state index in [1.165, 1.54) is 0 Å². The molecular weight excluding hydrogens is 410 g/mol. The van der Waals surface area contributed by atoms with E-state index in [0.717, 1.165) is 12.1 Å². The van der Waals surface area contributed by atoms with Crippen molar-refractivity contribution in [1.29, 1.82) is 5.26 Å². The molecule has 2 rings (SSSR count). The number of rotatable bonds is 9. The molecule has 12 nitrogen and oxygen atoms in total. The number of nitrogens with zero attached hydrogens (tertiary/aromatic N) is 4. The van der Waals surface area contributed by atoms with Gasteiger partial charge in [0, 0.05) is 6.07 Å². The minimum atomic E-state index is -0.859. The van der Waals surface area contributed by atoms with Gasteiger partial charge in [-0.2, -0.15) is 10.4 Å². The van der Waals surface area contributed by atoms with Gasteiger partial charge in [0.1, 0.15) is 11.8 Å². The Bertz CT molecular complexity index is 1070. The van der Waals surface area contributed by atoms with E-state index in [4.69, 9.17) is 14.7 Å². The summed E-state index contributed by atoms with van der Waals surface area (Å²) in [7, 11) is 0. The molecule has 31 heavy (non-hydrogen) atoms. The summed E-state index contributed by atoms with van der Waals surface area (Å²) in [6.07, 6.45) is 0. The topological polar surface area (TPSA) is 170 Å². The van der Waals surface area contributed by atoms with Gasteiger partial charge < -0.3 is 9.47 Å². The Morgan fingerprint density at radius 3 is 2.35 bits per heavy atom. The molecule has 0 spiro atoms. The lowest BCUT2D eigenvalue weighted by atomic mass is 10.1. The Labute approximate surface area is 176 Å². The molecule has 2 aromatic carbocycles. The molecule has 12 heteroatoms. The molecule has 0 fully saturated rings. The zero-order chi connectivity index (χ0) is 23.0. The monoisotopic (exact) mass is 427 g/mol. The highest BCUT2D eigenvalue weighted by Gasteiger charge is 2.26. The molecule has 0 amide bonds. The van der Waals surface area contributed by atoms with Gasteiger partial charge in [-0.3, -0.25) is 25.7 Å². The SMILES string of the molecule is CCOC(=O)COc1cc(N/N=C(/C)c2ccc(C#N)cc2)c([N+](=O)[O-])cc1[N+](=O)[O-]. The van der Waals surface area contributed by atoms with E-state index in [-0.39, 0.29) is 18.0 Å². The molecule has 0 saturated carbocycles. The number of benzene rings is 2. The molecule has 0 bridgehead atoms. The smallest absolute Gasteiger partial charge is 0.344 e. The molecule has 0 unspecified atom stereocenters. The lowest BCUT2D eigenvalue weighted by Gasteiger charge is -2.09. The molecule has 0 aliphatic heterocycles. The van der Waals surface area contributed by atoms with Crippen molar-refractivity contribution in [1.82, 2.24) is 0 Å². The molecule has 1 N–H and O–H groups in total. The number of hydrogen-bond acceptors (Lipinski definition) is 10. The highest BCUT2D eigenvalue weighted by Crippen LogP contribution is 2.37. The zero-order valence-corrected chi connectivity index (χ0v) is 16.5. The van der Waals surface area contributed by atoms with Crippen LogP contribution in [0.1, 0.15) is 25.0 Å². The van der Waals surface area contributed by atoms with Gasteiger partial charge in [0.2, 0.25) is 0 Å². The van der Waals surface area contributed by atoms with Crippen LogP contribution in [0.25, 0.3) is 0 Å². The van der Waals surface area contributed by atoms with Crippen LogP contribution in [0.3, 0.4) is 0 Å². The first kappa shape index (κ1) is 22.8. The van der Waals surface area contributed by atoms with Gasteiger partial charge in [0.05, 0.1) is 33.8 Å². The van der Waals surface area contributed by atoms with Crippen molar-refractivity contribution in [2.45, 2.75) is 13.8 Å². The molecule has 0 atom stereocenters. The second-order valence-electron chi connectivity index (χ2n) is 5.94. The lowest BCUT2D eigenvalue weighted by Crippen LogP contribution is -2.15. The fraction of sp³-hybridized carbons (Fsp3) is 0.211. The number of ether oxygens (including phenoxy) is 2. The van der Waals surface area contributed by atoms with Crippen LogP contribution >= 0.6 is 0 Å². The summed E-state index contributed by atoms with van der Waals surface area (Å²) in [5.74, 6) is -1.11. The Hall–Kier alpha value is -4.53. The second kappa shape index (κ2) is 10.3. The predicted octanol–water partition coefficient (Wildman–Crippen LogP) is 3.15. The van der Waals surface area contributed by atoms with Gasteiger partial charge in [0.15, 0.2) is 12.4 Å². The summed E-state index contributed by atoms with van der Waals surface area (Å²) < 4.78 is 9.85. The number of esters is 1. The molecule has 0 aromatic heterocycles. The average molecular weight is 427 g/mol. The van der Waals surface area contributed by atoms with Gasteiger partial charge in [-0.05, 0) is 31.5 Å². The molecule has 160 valence electrons. The predicted molar refractivity (Wildman–Crippen MR) is 109 cm³/mol. The van der Waals surface area contributed by atoms with Gasteiger partial charge in [0.25, 0.3) is 0 Å². The molecule has 0 aliphatic carbocycles. The Kier molecular flexibility index (Phi) is 7.56. The van der Waals surface area contributed by atoms with E-state index >= 15 is 0 Å². The summed E-state index contributed by atoms with van der Waals surface area (Å²) in [6, 6.07) is 10.2. The fourth-order valence-corrected chi connectivity index (χ4v) is 2.39. The minimum absolute atomic E-state index is 0.0979. The summed E-state index contributed by atoms with van der Waals surface area (Å²) >= 11 is 0. The molecule has 0 heterocycles. The van der Waals surface area contributed by atoms with Crippen LogP contribution in [0.4, 0.5) is 17.1 Å². The van der Waals surface area contributed by atoms with Crippen molar-refractivity contribution in [3.05, 3.63) is 67.8 Å². The maximum atomic E-state index is 11.5. The first-order chi connectivity index (χ1) is 14.8. The highest BCUT2D eigenvalue weighted by molar-refractivity contribution is 5.99. The van der Waals surface area contributed by atoms with Crippen LogP contribution < -0.4 is 10.2 Å². The third kappa shape index (κ3) is 5.97. The normalized spacial score (nSPS) is 10.7. The number of nitrogens with one attached hydrogen (secondary N) is 1. The Balaban J connectivity index is 2.38. The largest absolute Gasteiger partial charge is 0.475 e. The Morgan fingerprint density at radius 1 is 1.16 bits per heavy atom. The first-order valence-electron chi connectivity index (χ1n) is 8.82. The van der Waals surface area contributed by atoms with Gasteiger partial charge in [-0.15, -0.1) is 0 Å². The van der Waals surface area contributed by atoms with Gasteiger partial charge in [-0.25, -0.2) is 4.79 Å². The van der Waals surface area contributed by atoms with E-state index in [0.29, 0.717) is 16.8 Å².